The van der Waals surface area contributed by atoms with Crippen LogP contribution < -0.4 is 5.30 Å². The summed E-state index contributed by atoms with van der Waals surface area (Å²) < 4.78 is 23.3. The average Bonchev–Trinajstić information content (AvgIpc) is 3.03. The van der Waals surface area contributed by atoms with Gasteiger partial charge in [0.1, 0.15) is 11.7 Å². The van der Waals surface area contributed by atoms with Crippen molar-refractivity contribution in [2.75, 3.05) is 13.7 Å². The number of para-hydroxylation sites is 1. The molecule has 3 aromatic rings. The molecule has 1 aromatic heterocycles. The minimum atomic E-state index is -2.61. The fraction of sp³-hybridized carbons (Fsp3) is 0.200. The Morgan fingerprint density at radius 2 is 1.79 bits per heavy atom. The molecule has 28 heavy (non-hydrogen) atoms. The summed E-state index contributed by atoms with van der Waals surface area (Å²) in [6.45, 7) is 4.35. The van der Waals surface area contributed by atoms with Crippen LogP contribution in [-0.4, -0.2) is 33.9 Å². The number of aryl methyl sites for hydroxylation is 1. The molecule has 144 valence electrons. The molecule has 1 aliphatic heterocycles. The molecule has 1 atom stereocenters. The molecule has 0 radical (unpaired) electrons. The van der Waals surface area contributed by atoms with E-state index in [1.165, 1.54) is 12.1 Å². The largest absolute Gasteiger partial charge is 0.331 e. The van der Waals surface area contributed by atoms with Gasteiger partial charge < -0.3 is 9.19 Å². The van der Waals surface area contributed by atoms with Gasteiger partial charge in [-0.3, -0.25) is 0 Å². The molecule has 0 unspecified atom stereocenters. The van der Waals surface area contributed by atoms with Crippen molar-refractivity contribution >= 4 is 35.2 Å². The van der Waals surface area contributed by atoms with E-state index in [9.17, 15) is 4.39 Å². The smallest absolute Gasteiger partial charge is 0.192 e. The molecule has 5 nitrogen and oxygen atoms in total. The zero-order valence-corrected chi connectivity index (χ0v) is 17.5. The molecule has 0 bridgehead atoms. The third-order valence-corrected chi connectivity index (χ3v) is 8.88. The van der Waals surface area contributed by atoms with Crippen molar-refractivity contribution in [3.8, 4) is 5.69 Å². The first-order valence-electron chi connectivity index (χ1n) is 8.94. The fourth-order valence-corrected chi connectivity index (χ4v) is 6.71. The molecular formula is C20H20FN4OPS. The Balaban J connectivity index is 1.99. The molecule has 2 aromatic carbocycles. The molecule has 0 saturated carbocycles. The monoisotopic (exact) mass is 414 g/mol. The summed E-state index contributed by atoms with van der Waals surface area (Å²) in [6.07, 6.45) is -2.61. The number of fused-ring (bicyclic) bond motifs is 1. The van der Waals surface area contributed by atoms with Crippen molar-refractivity contribution in [1.82, 2.24) is 14.5 Å². The third kappa shape index (κ3) is 3.00. The number of nitrogens with zero attached hydrogens (tertiary/aromatic N) is 4. The Hall–Kier alpha value is -2.34. The first-order chi connectivity index (χ1) is 13.5. The van der Waals surface area contributed by atoms with Gasteiger partial charge >= 0.3 is 0 Å². The van der Waals surface area contributed by atoms with E-state index in [0.717, 1.165) is 22.2 Å². The van der Waals surface area contributed by atoms with Crippen LogP contribution in [0.4, 0.5) is 10.2 Å². The van der Waals surface area contributed by atoms with Crippen molar-refractivity contribution in [3.63, 3.8) is 0 Å². The van der Waals surface area contributed by atoms with Crippen LogP contribution in [-0.2, 0) is 16.3 Å². The fourth-order valence-electron chi connectivity index (χ4n) is 3.31. The number of hydrogen-bond donors (Lipinski definition) is 0. The van der Waals surface area contributed by atoms with E-state index in [0.29, 0.717) is 18.3 Å². The number of amidine groups is 1. The molecule has 0 spiro atoms. The maximum absolute atomic E-state index is 13.4. The Kier molecular flexibility index (Phi) is 4.91. The zero-order chi connectivity index (χ0) is 19.9. The molecule has 4 rings (SSSR count). The first kappa shape index (κ1) is 19.0. The van der Waals surface area contributed by atoms with Gasteiger partial charge in [-0.2, -0.15) is 5.10 Å². The summed E-state index contributed by atoms with van der Waals surface area (Å²) in [6, 6.07) is 16.1. The normalized spacial score (nSPS) is 18.7. The summed E-state index contributed by atoms with van der Waals surface area (Å²) in [5.41, 5.74) is 2.49. The molecule has 0 N–H and O–H groups in total. The Labute approximate surface area is 168 Å². The molecule has 2 heterocycles. The van der Waals surface area contributed by atoms with Crippen LogP contribution in [0.2, 0.25) is 0 Å². The SMILES string of the molecule is CCO[P@@]1(=S)c2c(C)nn(-c3ccccc3)c2N=C(c2ccc(F)cc2)N1C. The van der Waals surface area contributed by atoms with Crippen LogP contribution in [0.3, 0.4) is 0 Å². The van der Waals surface area contributed by atoms with E-state index in [-0.39, 0.29) is 5.82 Å². The average molecular weight is 414 g/mol. The predicted octanol–water partition coefficient (Wildman–Crippen LogP) is 4.31. The third-order valence-electron chi connectivity index (χ3n) is 4.61. The summed E-state index contributed by atoms with van der Waals surface area (Å²) in [5, 5.41) is 5.58. The van der Waals surface area contributed by atoms with Crippen molar-refractivity contribution in [2.24, 2.45) is 4.99 Å². The lowest BCUT2D eigenvalue weighted by Crippen LogP contribution is -2.34. The van der Waals surface area contributed by atoms with E-state index in [1.807, 2.05) is 55.9 Å². The second-order valence-electron chi connectivity index (χ2n) is 6.41. The predicted molar refractivity (Wildman–Crippen MR) is 114 cm³/mol. The Morgan fingerprint density at radius 3 is 2.43 bits per heavy atom. The summed E-state index contributed by atoms with van der Waals surface area (Å²) in [7, 11) is 1.89. The zero-order valence-electron chi connectivity index (χ0n) is 15.8. The van der Waals surface area contributed by atoms with Crippen molar-refractivity contribution in [3.05, 3.63) is 71.7 Å². The highest BCUT2D eigenvalue weighted by atomic mass is 32.4. The summed E-state index contributed by atoms with van der Waals surface area (Å²) in [4.78, 5) is 4.90. The second kappa shape index (κ2) is 7.24. The van der Waals surface area contributed by atoms with Crippen molar-refractivity contribution in [1.29, 1.82) is 0 Å². The highest BCUT2D eigenvalue weighted by Gasteiger charge is 2.40. The molecule has 0 fully saturated rings. The van der Waals surface area contributed by atoms with E-state index in [2.05, 4.69) is 0 Å². The minimum Gasteiger partial charge on any atom is -0.331 e. The molecule has 0 saturated heterocycles. The van der Waals surface area contributed by atoms with Crippen LogP contribution in [0.5, 0.6) is 0 Å². The van der Waals surface area contributed by atoms with Crippen LogP contribution >= 0.6 is 6.42 Å². The number of aliphatic imine (C=N–C) groups is 1. The maximum atomic E-state index is 13.4. The van der Waals surface area contributed by atoms with E-state index in [4.69, 9.17) is 26.4 Å². The van der Waals surface area contributed by atoms with E-state index in [1.54, 1.807) is 16.8 Å². The molecule has 1 aliphatic rings. The minimum absolute atomic E-state index is 0.294. The van der Waals surface area contributed by atoms with Crippen LogP contribution in [0.15, 0.2) is 59.6 Å². The highest BCUT2D eigenvalue weighted by molar-refractivity contribution is 8.15. The van der Waals surface area contributed by atoms with Gasteiger partial charge in [-0.05, 0) is 62.1 Å². The molecule has 0 aliphatic carbocycles. The highest BCUT2D eigenvalue weighted by Crippen LogP contribution is 2.55. The Bertz CT molecular complexity index is 1100. The van der Waals surface area contributed by atoms with Crippen LogP contribution in [0.1, 0.15) is 18.2 Å². The Morgan fingerprint density at radius 1 is 1.11 bits per heavy atom. The lowest BCUT2D eigenvalue weighted by molar-refractivity contribution is 0.363. The van der Waals surface area contributed by atoms with Gasteiger partial charge in [0.05, 0.1) is 23.3 Å². The summed E-state index contributed by atoms with van der Waals surface area (Å²) >= 11 is 6.09. The maximum Gasteiger partial charge on any atom is 0.192 e. The van der Waals surface area contributed by atoms with Gasteiger partial charge in [0.15, 0.2) is 12.2 Å². The number of rotatable bonds is 4. The number of halogens is 1. The van der Waals surface area contributed by atoms with Crippen LogP contribution in [0, 0.1) is 12.7 Å². The van der Waals surface area contributed by atoms with E-state index >= 15 is 0 Å². The van der Waals surface area contributed by atoms with Gasteiger partial charge in [-0.1, -0.05) is 18.2 Å². The van der Waals surface area contributed by atoms with Gasteiger partial charge in [0, 0.05) is 12.6 Å². The standard InChI is InChI=1S/C20H20FN4OPS/c1-4-26-27(28)18-14(2)23-25(17-8-6-5-7-9-17)20(18)22-19(24(27)3)15-10-12-16(21)13-11-15/h5-13H,4H2,1-3H3/t27-/m1/s1. The van der Waals surface area contributed by atoms with Gasteiger partial charge in [0.25, 0.3) is 0 Å². The lowest BCUT2D eigenvalue weighted by atomic mass is 10.2. The molecular weight excluding hydrogens is 394 g/mol. The number of aromatic nitrogens is 2. The molecule has 0 amide bonds. The van der Waals surface area contributed by atoms with Gasteiger partial charge in [0.2, 0.25) is 0 Å². The molecule has 8 heteroatoms. The topological polar surface area (TPSA) is 42.6 Å². The second-order valence-corrected chi connectivity index (χ2v) is 10.2. The van der Waals surface area contributed by atoms with Gasteiger partial charge in [-0.15, -0.1) is 0 Å². The lowest BCUT2D eigenvalue weighted by Gasteiger charge is -2.36. The van der Waals surface area contributed by atoms with Crippen molar-refractivity contribution in [2.45, 2.75) is 13.8 Å². The summed E-state index contributed by atoms with van der Waals surface area (Å²) in [5.74, 6) is 1.04. The van der Waals surface area contributed by atoms with Crippen molar-refractivity contribution < 1.29 is 8.91 Å². The first-order valence-corrected chi connectivity index (χ1v) is 11.6. The number of hydrogen-bond acceptors (Lipinski definition) is 4. The quantitative estimate of drug-likeness (QED) is 0.597. The van der Waals surface area contributed by atoms with Gasteiger partial charge in [-0.25, -0.2) is 14.1 Å². The number of benzene rings is 2. The van der Waals surface area contributed by atoms with E-state index < -0.39 is 6.42 Å². The van der Waals surface area contributed by atoms with Crippen LogP contribution in [0.25, 0.3) is 5.69 Å².